The van der Waals surface area contributed by atoms with E-state index in [1.54, 1.807) is 11.0 Å². The van der Waals surface area contributed by atoms with Gasteiger partial charge < -0.3 is 30.1 Å². The second-order valence-electron chi connectivity index (χ2n) is 13.6. The van der Waals surface area contributed by atoms with Crippen LogP contribution >= 0.6 is 0 Å². The summed E-state index contributed by atoms with van der Waals surface area (Å²) in [6.45, 7) is 7.80. The third-order valence-corrected chi connectivity index (χ3v) is 12.0. The fourth-order valence-electron chi connectivity index (χ4n) is 9.85. The molecule has 2 heterocycles. The van der Waals surface area contributed by atoms with Gasteiger partial charge in [-0.05, 0) is 92.4 Å². The number of carbonyl (C=O) groups excluding carboxylic acids is 3. The standard InChI is InChI=1S/C30H45N3O6/c1-28-8-5-21(39-27(36)32-12-14-33-13-11-31-17-25(33)34)16-20(28)3-4-24-23(28)6-9-29(2)22(7-10-30(24,29)37)19-15-26(35)38-18-19/h15,20-24,31,37H,3-14,16-18H2,1-2H3,(H,32,36)/t20-,21+,22-,23+,24-,28+,29-,30+/m1/s1. The van der Waals surface area contributed by atoms with E-state index in [-0.39, 0.29) is 46.7 Å². The summed E-state index contributed by atoms with van der Waals surface area (Å²) in [5.41, 5.74) is 0.292. The average molecular weight is 544 g/mol. The normalized spacial score (nSPS) is 43.6. The van der Waals surface area contributed by atoms with Crippen LogP contribution in [0.25, 0.3) is 0 Å². The summed E-state index contributed by atoms with van der Waals surface area (Å²) in [5, 5.41) is 18.3. The molecule has 0 spiro atoms. The highest BCUT2D eigenvalue weighted by Gasteiger charge is 2.67. The topological polar surface area (TPSA) is 117 Å². The summed E-state index contributed by atoms with van der Waals surface area (Å²) in [4.78, 5) is 38.0. The molecule has 216 valence electrons. The summed E-state index contributed by atoms with van der Waals surface area (Å²) in [7, 11) is 0. The molecule has 0 aromatic rings. The lowest BCUT2D eigenvalue weighted by molar-refractivity contribution is -0.208. The molecule has 4 aliphatic carbocycles. The maximum Gasteiger partial charge on any atom is 0.407 e. The van der Waals surface area contributed by atoms with Gasteiger partial charge in [0.15, 0.2) is 0 Å². The molecular formula is C30H45N3O6. The zero-order valence-corrected chi connectivity index (χ0v) is 23.5. The van der Waals surface area contributed by atoms with Gasteiger partial charge >= 0.3 is 12.1 Å². The van der Waals surface area contributed by atoms with Crippen LogP contribution in [-0.2, 0) is 19.1 Å². The van der Waals surface area contributed by atoms with Crippen molar-refractivity contribution in [3.05, 3.63) is 11.6 Å². The molecule has 0 aromatic carbocycles. The van der Waals surface area contributed by atoms with Gasteiger partial charge in [0.25, 0.3) is 0 Å². The fourth-order valence-corrected chi connectivity index (χ4v) is 9.85. The molecule has 2 aliphatic heterocycles. The first-order valence-electron chi connectivity index (χ1n) is 15.2. The molecule has 0 unspecified atom stereocenters. The van der Waals surface area contributed by atoms with E-state index in [2.05, 4.69) is 24.5 Å². The number of nitrogens with one attached hydrogen (secondary N) is 2. The first-order chi connectivity index (χ1) is 18.6. The number of rotatable bonds is 5. The number of aliphatic hydroxyl groups is 1. The monoisotopic (exact) mass is 543 g/mol. The minimum Gasteiger partial charge on any atom is -0.458 e. The Morgan fingerprint density at radius 2 is 2.00 bits per heavy atom. The van der Waals surface area contributed by atoms with E-state index in [4.69, 9.17) is 9.47 Å². The lowest BCUT2D eigenvalue weighted by Crippen LogP contribution is -2.62. The van der Waals surface area contributed by atoms with Gasteiger partial charge in [0.2, 0.25) is 5.91 Å². The average Bonchev–Trinajstić information content (AvgIpc) is 3.45. The Bertz CT molecular complexity index is 1050. The molecule has 6 aliphatic rings. The summed E-state index contributed by atoms with van der Waals surface area (Å²) in [5.74, 6) is 1.27. The van der Waals surface area contributed by atoms with E-state index in [1.807, 2.05) is 0 Å². The van der Waals surface area contributed by atoms with Crippen LogP contribution in [0, 0.1) is 34.5 Å². The number of hydrogen-bond donors (Lipinski definition) is 3. The Balaban J connectivity index is 1.06. The van der Waals surface area contributed by atoms with Gasteiger partial charge in [-0.2, -0.15) is 0 Å². The van der Waals surface area contributed by atoms with Crippen molar-refractivity contribution >= 4 is 18.0 Å². The molecule has 5 fully saturated rings. The van der Waals surface area contributed by atoms with Crippen LogP contribution in [-0.4, -0.2) is 79.0 Å². The number of alkyl carbamates (subject to hydrolysis) is 1. The Hall–Kier alpha value is -2.13. The quantitative estimate of drug-likeness (QED) is 0.457. The lowest BCUT2D eigenvalue weighted by atomic mass is 9.43. The lowest BCUT2D eigenvalue weighted by Gasteiger charge is -2.63. The summed E-state index contributed by atoms with van der Waals surface area (Å²) < 4.78 is 11.1. The van der Waals surface area contributed by atoms with Gasteiger partial charge in [0, 0.05) is 37.7 Å². The molecule has 8 atom stereocenters. The van der Waals surface area contributed by atoms with Crippen LogP contribution < -0.4 is 10.6 Å². The highest BCUT2D eigenvalue weighted by molar-refractivity contribution is 5.85. The summed E-state index contributed by atoms with van der Waals surface area (Å²) in [6, 6.07) is 0. The van der Waals surface area contributed by atoms with E-state index >= 15 is 0 Å². The molecule has 2 amide bonds. The zero-order valence-electron chi connectivity index (χ0n) is 23.5. The summed E-state index contributed by atoms with van der Waals surface area (Å²) in [6.07, 6.45) is 9.81. The molecule has 1 saturated heterocycles. The van der Waals surface area contributed by atoms with Crippen molar-refractivity contribution in [1.82, 2.24) is 15.5 Å². The summed E-state index contributed by atoms with van der Waals surface area (Å²) >= 11 is 0. The van der Waals surface area contributed by atoms with Crippen LogP contribution in [0.4, 0.5) is 4.79 Å². The molecule has 0 bridgehead atoms. The first-order valence-corrected chi connectivity index (χ1v) is 15.2. The second-order valence-corrected chi connectivity index (χ2v) is 13.6. The number of esters is 1. The highest BCUT2D eigenvalue weighted by atomic mass is 16.6. The molecule has 3 N–H and O–H groups in total. The van der Waals surface area contributed by atoms with E-state index in [0.29, 0.717) is 44.6 Å². The van der Waals surface area contributed by atoms with Gasteiger partial charge in [-0.3, -0.25) is 4.79 Å². The Labute approximate surface area is 231 Å². The van der Waals surface area contributed by atoms with Gasteiger partial charge in [0.05, 0.1) is 12.1 Å². The van der Waals surface area contributed by atoms with E-state index in [1.165, 1.54) is 0 Å². The number of hydrogen-bond acceptors (Lipinski definition) is 7. The molecule has 0 aromatic heterocycles. The SMILES string of the molecule is C[C@]12CC[C@H](OC(=O)NCCN3CCNCC3=O)C[C@H]1CC[C@@H]1[C@@H]2CC[C@]2(C)[C@@H](C3=CC(=O)OC3)CC[C@]12O. The Kier molecular flexibility index (Phi) is 6.97. The van der Waals surface area contributed by atoms with Crippen LogP contribution in [0.15, 0.2) is 11.6 Å². The highest BCUT2D eigenvalue weighted by Crippen LogP contribution is 2.70. The van der Waals surface area contributed by atoms with Crippen LogP contribution in [0.1, 0.15) is 71.6 Å². The first kappa shape index (κ1) is 27.1. The van der Waals surface area contributed by atoms with Crippen molar-refractivity contribution in [3.63, 3.8) is 0 Å². The number of piperazine rings is 1. The number of nitrogens with zero attached hydrogens (tertiary/aromatic N) is 1. The minimum absolute atomic E-state index is 0.0686. The van der Waals surface area contributed by atoms with Crippen LogP contribution in [0.2, 0.25) is 0 Å². The van der Waals surface area contributed by atoms with E-state index < -0.39 is 5.60 Å². The van der Waals surface area contributed by atoms with Gasteiger partial charge in [-0.25, -0.2) is 9.59 Å². The van der Waals surface area contributed by atoms with Gasteiger partial charge in [0.1, 0.15) is 12.7 Å². The smallest absolute Gasteiger partial charge is 0.407 e. The minimum atomic E-state index is -0.708. The second kappa shape index (κ2) is 10.1. The van der Waals surface area contributed by atoms with E-state index in [0.717, 1.165) is 69.9 Å². The predicted molar refractivity (Wildman–Crippen MR) is 143 cm³/mol. The largest absolute Gasteiger partial charge is 0.458 e. The molecule has 4 saturated carbocycles. The Morgan fingerprint density at radius 3 is 2.77 bits per heavy atom. The molecular weight excluding hydrogens is 498 g/mol. The van der Waals surface area contributed by atoms with Crippen molar-refractivity contribution in [1.29, 1.82) is 0 Å². The number of ether oxygens (including phenoxy) is 2. The number of fused-ring (bicyclic) bond motifs is 5. The van der Waals surface area contributed by atoms with Crippen molar-refractivity contribution in [2.45, 2.75) is 83.3 Å². The molecule has 9 heteroatoms. The maximum absolute atomic E-state index is 12.5. The van der Waals surface area contributed by atoms with Crippen LogP contribution in [0.5, 0.6) is 0 Å². The third kappa shape index (κ3) is 4.48. The van der Waals surface area contributed by atoms with Gasteiger partial charge in [-0.1, -0.05) is 13.8 Å². The predicted octanol–water partition coefficient (Wildman–Crippen LogP) is 2.77. The van der Waals surface area contributed by atoms with Crippen molar-refractivity contribution in [2.24, 2.45) is 34.5 Å². The molecule has 6 rings (SSSR count). The van der Waals surface area contributed by atoms with Crippen molar-refractivity contribution in [2.75, 3.05) is 39.3 Å². The number of amides is 2. The van der Waals surface area contributed by atoms with Gasteiger partial charge in [-0.15, -0.1) is 0 Å². The maximum atomic E-state index is 12.5. The molecule has 9 nitrogen and oxygen atoms in total. The zero-order chi connectivity index (χ0) is 27.4. The number of cyclic esters (lactones) is 1. The molecule has 0 radical (unpaired) electrons. The number of carbonyl (C=O) groups is 3. The Morgan fingerprint density at radius 1 is 1.15 bits per heavy atom. The fraction of sp³-hybridized carbons (Fsp3) is 0.833. The molecule has 39 heavy (non-hydrogen) atoms. The van der Waals surface area contributed by atoms with E-state index in [9.17, 15) is 19.5 Å². The van der Waals surface area contributed by atoms with Crippen molar-refractivity contribution < 1.29 is 29.0 Å². The third-order valence-electron chi connectivity index (χ3n) is 12.0. The van der Waals surface area contributed by atoms with Crippen LogP contribution in [0.3, 0.4) is 0 Å². The van der Waals surface area contributed by atoms with Crippen molar-refractivity contribution in [3.8, 4) is 0 Å².